The number of fused-ring (bicyclic) bond motifs is 1. The quantitative estimate of drug-likeness (QED) is 0.130. The van der Waals surface area contributed by atoms with E-state index >= 15 is 4.39 Å². The van der Waals surface area contributed by atoms with Gasteiger partial charge < -0.3 is 19.8 Å². The summed E-state index contributed by atoms with van der Waals surface area (Å²) in [5.41, 5.74) is 3.27. The third kappa shape index (κ3) is 9.75. The minimum Gasteiger partial charge on any atom is -0.445 e. The van der Waals surface area contributed by atoms with E-state index < -0.39 is 23.2 Å². The predicted molar refractivity (Wildman–Crippen MR) is 213 cm³/mol. The number of benzene rings is 3. The lowest BCUT2D eigenvalue weighted by molar-refractivity contribution is 0.0136. The van der Waals surface area contributed by atoms with Gasteiger partial charge in [0.1, 0.15) is 17.9 Å². The van der Waals surface area contributed by atoms with Crippen LogP contribution in [-0.2, 0) is 22.5 Å². The first kappa shape index (κ1) is 39.5. The van der Waals surface area contributed by atoms with Crippen molar-refractivity contribution in [3.8, 4) is 16.9 Å². The summed E-state index contributed by atoms with van der Waals surface area (Å²) < 4.78 is 28.0. The highest BCUT2D eigenvalue weighted by Crippen LogP contribution is 2.39. The fourth-order valence-corrected chi connectivity index (χ4v) is 7.48. The molecule has 55 heavy (non-hydrogen) atoms. The Balaban J connectivity index is 1.13. The number of halogens is 2. The zero-order valence-corrected chi connectivity index (χ0v) is 32.8. The Morgan fingerprint density at radius 3 is 2.51 bits per heavy atom. The number of aromatic amines is 1. The zero-order valence-electron chi connectivity index (χ0n) is 32.0. The number of aromatic nitrogens is 3. The van der Waals surface area contributed by atoms with E-state index in [4.69, 9.17) is 21.1 Å². The van der Waals surface area contributed by atoms with Crippen LogP contribution in [0.5, 0.6) is 0 Å². The second-order valence-electron chi connectivity index (χ2n) is 15.3. The fourth-order valence-electron chi connectivity index (χ4n) is 7.24. The number of rotatable bonds is 12. The van der Waals surface area contributed by atoms with Crippen LogP contribution in [0.3, 0.4) is 0 Å². The molecule has 6 rings (SSSR count). The number of hydrogen-bond acceptors (Lipinski definition) is 6. The van der Waals surface area contributed by atoms with Gasteiger partial charge in [0.25, 0.3) is 0 Å². The molecule has 1 aliphatic rings. The van der Waals surface area contributed by atoms with Crippen LogP contribution in [0.1, 0.15) is 95.9 Å². The molecule has 3 aromatic carbocycles. The Morgan fingerprint density at radius 2 is 1.80 bits per heavy atom. The third-order valence-corrected chi connectivity index (χ3v) is 10.1. The van der Waals surface area contributed by atoms with Crippen molar-refractivity contribution in [1.82, 2.24) is 24.8 Å². The number of carbonyl (C=O) groups is 2. The van der Waals surface area contributed by atoms with Crippen LogP contribution in [0.15, 0.2) is 83.8 Å². The molecular weight excluding hydrogens is 721 g/mol. The molecule has 0 saturated carbocycles. The number of carbonyl (C=O) groups excluding carboxylic acids is 2. The molecule has 0 aliphatic carbocycles. The SMILES string of the molecule is CCC[C@H]1CC[C@H](c2ccc(-n3cc4cc(-c5cc(CCC[C@H](C)NC(=O)OCc6ccccc6)cc(Cl)c5F)[nH]c4nc3=O)cc2)N1C(=O)OC(C)(C)C. The molecule has 2 aromatic heterocycles. The smallest absolute Gasteiger partial charge is 0.411 e. The van der Waals surface area contributed by atoms with Crippen LogP contribution in [0, 0.1) is 5.82 Å². The first-order valence-electron chi connectivity index (χ1n) is 19.0. The van der Waals surface area contributed by atoms with E-state index in [9.17, 15) is 14.4 Å². The fraction of sp³-hybridized carbons (Fsp3) is 0.395. The Kier molecular flexibility index (Phi) is 12.3. The number of ether oxygens (including phenoxy) is 2. The highest BCUT2D eigenvalue weighted by atomic mass is 35.5. The zero-order chi connectivity index (χ0) is 39.3. The summed E-state index contributed by atoms with van der Waals surface area (Å²) in [5, 5.41) is 3.47. The van der Waals surface area contributed by atoms with E-state index in [0.29, 0.717) is 41.7 Å². The van der Waals surface area contributed by atoms with Crippen molar-refractivity contribution in [3.05, 3.63) is 117 Å². The molecule has 0 spiro atoms. The van der Waals surface area contributed by atoms with Crippen LogP contribution in [-0.4, -0.2) is 49.3 Å². The molecule has 1 saturated heterocycles. The van der Waals surface area contributed by atoms with E-state index in [2.05, 4.69) is 22.2 Å². The van der Waals surface area contributed by atoms with Crippen LogP contribution in [0.4, 0.5) is 14.0 Å². The van der Waals surface area contributed by atoms with Crippen molar-refractivity contribution in [2.24, 2.45) is 0 Å². The molecule has 10 nitrogen and oxygen atoms in total. The van der Waals surface area contributed by atoms with Crippen molar-refractivity contribution in [1.29, 1.82) is 0 Å². The number of hydrogen-bond donors (Lipinski definition) is 2. The molecule has 0 radical (unpaired) electrons. The van der Waals surface area contributed by atoms with E-state index in [0.717, 1.165) is 42.4 Å². The first-order chi connectivity index (χ1) is 26.3. The minimum absolute atomic E-state index is 0.0111. The maximum atomic E-state index is 15.5. The van der Waals surface area contributed by atoms with E-state index in [1.54, 1.807) is 24.4 Å². The van der Waals surface area contributed by atoms with Gasteiger partial charge in [0.2, 0.25) is 0 Å². The van der Waals surface area contributed by atoms with E-state index in [-0.39, 0.29) is 41.4 Å². The van der Waals surface area contributed by atoms with Crippen molar-refractivity contribution in [3.63, 3.8) is 0 Å². The van der Waals surface area contributed by atoms with Gasteiger partial charge in [-0.2, -0.15) is 4.98 Å². The van der Waals surface area contributed by atoms with Gasteiger partial charge in [0.15, 0.2) is 5.82 Å². The lowest BCUT2D eigenvalue weighted by atomic mass is 10.0. The number of H-pyrrole nitrogens is 1. The summed E-state index contributed by atoms with van der Waals surface area (Å²) in [6.45, 7) is 9.84. The normalized spacial score (nSPS) is 16.3. The molecule has 2 amide bonds. The number of amides is 2. The van der Waals surface area contributed by atoms with Crippen LogP contribution >= 0.6 is 11.6 Å². The Hall–Kier alpha value is -5.16. The van der Waals surface area contributed by atoms with Crippen molar-refractivity contribution < 1.29 is 23.5 Å². The molecule has 12 heteroatoms. The van der Waals surface area contributed by atoms with Gasteiger partial charge in [0, 0.05) is 29.2 Å². The van der Waals surface area contributed by atoms with Gasteiger partial charge in [-0.25, -0.2) is 18.8 Å². The third-order valence-electron chi connectivity index (χ3n) is 9.85. The van der Waals surface area contributed by atoms with E-state index in [1.807, 2.05) is 87.2 Å². The maximum Gasteiger partial charge on any atom is 0.411 e. The topological polar surface area (TPSA) is 119 Å². The van der Waals surface area contributed by atoms with Crippen molar-refractivity contribution in [2.75, 3.05) is 0 Å². The molecule has 2 N–H and O–H groups in total. The molecule has 0 bridgehead atoms. The number of aryl methyl sites for hydroxylation is 1. The molecule has 0 unspecified atom stereocenters. The molecule has 3 heterocycles. The van der Waals surface area contributed by atoms with Crippen LogP contribution in [0.2, 0.25) is 5.02 Å². The van der Waals surface area contributed by atoms with Gasteiger partial charge in [-0.15, -0.1) is 0 Å². The number of nitrogens with zero attached hydrogens (tertiary/aromatic N) is 3. The van der Waals surface area contributed by atoms with Gasteiger partial charge >= 0.3 is 17.9 Å². The van der Waals surface area contributed by atoms with Gasteiger partial charge in [-0.1, -0.05) is 67.4 Å². The minimum atomic E-state index is -0.601. The largest absolute Gasteiger partial charge is 0.445 e. The van der Waals surface area contributed by atoms with Gasteiger partial charge in [-0.05, 0) is 113 Å². The first-order valence-corrected chi connectivity index (χ1v) is 19.4. The summed E-state index contributed by atoms with van der Waals surface area (Å²) in [5.74, 6) is -0.576. The van der Waals surface area contributed by atoms with Crippen LogP contribution in [0.25, 0.3) is 28.0 Å². The van der Waals surface area contributed by atoms with Crippen molar-refractivity contribution in [2.45, 2.75) is 110 Å². The summed E-state index contributed by atoms with van der Waals surface area (Å²) in [7, 11) is 0. The van der Waals surface area contributed by atoms with Gasteiger partial charge in [-0.3, -0.25) is 9.47 Å². The molecular formula is C43H49ClFN5O5. The average Bonchev–Trinajstić information content (AvgIpc) is 3.76. The Labute approximate surface area is 326 Å². The number of nitrogens with one attached hydrogen (secondary N) is 2. The average molecular weight is 770 g/mol. The summed E-state index contributed by atoms with van der Waals surface area (Å²) in [4.78, 5) is 48.1. The maximum absolute atomic E-state index is 15.5. The lowest BCUT2D eigenvalue weighted by Gasteiger charge is -2.33. The molecule has 1 aliphatic heterocycles. The summed E-state index contributed by atoms with van der Waals surface area (Å²) in [6.07, 6.45) is 6.48. The summed E-state index contributed by atoms with van der Waals surface area (Å²) in [6, 6.07) is 22.0. The highest BCUT2D eigenvalue weighted by molar-refractivity contribution is 6.31. The van der Waals surface area contributed by atoms with Crippen LogP contribution < -0.4 is 11.0 Å². The van der Waals surface area contributed by atoms with Gasteiger partial charge in [0.05, 0.1) is 22.4 Å². The second kappa shape index (κ2) is 17.1. The monoisotopic (exact) mass is 769 g/mol. The Bertz CT molecular complexity index is 2180. The second-order valence-corrected chi connectivity index (χ2v) is 15.7. The molecule has 3 atom stereocenters. The predicted octanol–water partition coefficient (Wildman–Crippen LogP) is 10.1. The molecule has 1 fully saturated rings. The highest BCUT2D eigenvalue weighted by Gasteiger charge is 2.39. The standard InChI is InChI=1S/C43H49ClFN5O5/c1-6-11-33-20-21-37(50(33)42(53)55-43(3,4)5)30-16-18-32(19-17-30)49-25-31-24-36(47-39(31)48-40(49)51)34-22-29(23-35(44)38(34)45)15-10-12-27(2)46-41(52)54-26-28-13-8-7-9-14-28/h7-9,13-14,16-19,22-25,27,33,37H,6,10-12,15,20-21,26H2,1-5H3,(H,46,52)(H,47,48,51)/t27-,33-,37+/m0/s1. The lowest BCUT2D eigenvalue weighted by Crippen LogP contribution is -2.41. The Morgan fingerprint density at radius 1 is 1.05 bits per heavy atom. The number of likely N-dealkylation sites (tertiary alicyclic amines) is 1. The molecule has 5 aromatic rings. The number of alkyl carbamates (subject to hydrolysis) is 1. The van der Waals surface area contributed by atoms with Crippen molar-refractivity contribution >= 4 is 34.8 Å². The van der Waals surface area contributed by atoms with E-state index in [1.165, 1.54) is 4.57 Å². The molecule has 290 valence electrons. The summed E-state index contributed by atoms with van der Waals surface area (Å²) >= 11 is 6.37.